The minimum atomic E-state index is -5.07. The van der Waals surface area contributed by atoms with E-state index in [1.807, 2.05) is 5.32 Å². The molecule has 0 aliphatic carbocycles. The number of nitrogens with zero attached hydrogens (tertiary/aromatic N) is 2. The highest BCUT2D eigenvalue weighted by atomic mass is 35.5. The molecule has 0 unspecified atom stereocenters. The van der Waals surface area contributed by atoms with Crippen molar-refractivity contribution in [1.82, 2.24) is 0 Å². The predicted octanol–water partition coefficient (Wildman–Crippen LogP) is 4.26. The maximum absolute atomic E-state index is 13.3. The van der Waals surface area contributed by atoms with Gasteiger partial charge in [0.2, 0.25) is 0 Å². The second-order valence-corrected chi connectivity index (χ2v) is 7.32. The smallest absolute Gasteiger partial charge is 0.370 e. The molecule has 0 saturated heterocycles. The van der Waals surface area contributed by atoms with Gasteiger partial charge in [0.05, 0.1) is 27.5 Å². The molecule has 4 amide bonds. The van der Waals surface area contributed by atoms with Crippen LogP contribution in [-0.2, 0) is 12.4 Å². The van der Waals surface area contributed by atoms with Crippen LogP contribution in [0.1, 0.15) is 16.7 Å². The third kappa shape index (κ3) is 9.60. The summed E-state index contributed by atoms with van der Waals surface area (Å²) in [7, 11) is 0. The molecule has 0 fully saturated rings. The summed E-state index contributed by atoms with van der Waals surface area (Å²) >= 11 is 5.70. The first-order chi connectivity index (χ1) is 17.2. The Morgan fingerprint density at radius 1 is 0.763 bits per heavy atom. The van der Waals surface area contributed by atoms with Gasteiger partial charge in [-0.05, 0) is 30.7 Å². The SMILES string of the molecule is Cc1cc(Cl)c(NC(=O)N=C(N)N)c(C(F)(F)F)c1.NC(N)=NC(=O)Nc1c(F)cc(F)cc1C(F)(F)F. The van der Waals surface area contributed by atoms with E-state index in [0.717, 1.165) is 6.07 Å². The number of nitrogens with two attached hydrogens (primary N) is 4. The Balaban J connectivity index is 0.000000380. The topological polar surface area (TPSA) is 187 Å². The number of guanidine groups is 2. The van der Waals surface area contributed by atoms with Crippen LogP contribution in [0.5, 0.6) is 0 Å². The Bertz CT molecular complexity index is 1170. The Morgan fingerprint density at radius 3 is 1.61 bits per heavy atom. The molecular formula is C19H17ClF8N8O2. The van der Waals surface area contributed by atoms with Crippen molar-refractivity contribution in [2.24, 2.45) is 32.9 Å². The molecule has 208 valence electrons. The van der Waals surface area contributed by atoms with Crippen LogP contribution in [0.3, 0.4) is 0 Å². The second-order valence-electron chi connectivity index (χ2n) is 6.91. The van der Waals surface area contributed by atoms with Crippen molar-refractivity contribution >= 4 is 47.0 Å². The van der Waals surface area contributed by atoms with E-state index in [1.54, 1.807) is 0 Å². The largest absolute Gasteiger partial charge is 0.418 e. The molecule has 0 heterocycles. The van der Waals surface area contributed by atoms with Crippen LogP contribution >= 0.6 is 11.6 Å². The number of rotatable bonds is 2. The number of nitrogens with one attached hydrogen (secondary N) is 2. The fourth-order valence-corrected chi connectivity index (χ4v) is 2.84. The molecule has 0 spiro atoms. The van der Waals surface area contributed by atoms with E-state index in [4.69, 9.17) is 34.5 Å². The average molecular weight is 577 g/mol. The van der Waals surface area contributed by atoms with Gasteiger partial charge in [0.1, 0.15) is 11.6 Å². The lowest BCUT2D eigenvalue weighted by molar-refractivity contribution is -0.138. The first kappa shape index (κ1) is 31.7. The highest BCUT2D eigenvalue weighted by molar-refractivity contribution is 6.34. The molecule has 0 aliphatic rings. The number of amides is 4. The van der Waals surface area contributed by atoms with Crippen LogP contribution < -0.4 is 33.6 Å². The van der Waals surface area contributed by atoms with Crippen LogP contribution in [0.4, 0.5) is 56.1 Å². The molecule has 0 aromatic heterocycles. The van der Waals surface area contributed by atoms with Gasteiger partial charge in [-0.1, -0.05) is 11.6 Å². The highest BCUT2D eigenvalue weighted by Gasteiger charge is 2.37. The van der Waals surface area contributed by atoms with Crippen molar-refractivity contribution in [3.05, 3.63) is 57.6 Å². The van der Waals surface area contributed by atoms with E-state index >= 15 is 0 Å². The number of alkyl halides is 6. The summed E-state index contributed by atoms with van der Waals surface area (Å²) in [6.07, 6.45) is -9.74. The molecule has 0 bridgehead atoms. The minimum Gasteiger partial charge on any atom is -0.370 e. The third-order valence-electron chi connectivity index (χ3n) is 3.83. The fourth-order valence-electron chi connectivity index (χ4n) is 2.52. The Hall–Kier alpha value is -4.35. The normalized spacial score (nSPS) is 11.0. The predicted molar refractivity (Wildman–Crippen MR) is 122 cm³/mol. The Labute approximate surface area is 212 Å². The number of aliphatic imine (C=N–C) groups is 2. The van der Waals surface area contributed by atoms with Gasteiger partial charge in [-0.15, -0.1) is 0 Å². The number of aryl methyl sites for hydroxylation is 1. The summed E-state index contributed by atoms with van der Waals surface area (Å²) in [6, 6.07) is -0.208. The number of hydrogen-bond donors (Lipinski definition) is 6. The van der Waals surface area contributed by atoms with Crippen LogP contribution in [0.2, 0.25) is 5.02 Å². The molecule has 0 saturated carbocycles. The third-order valence-corrected chi connectivity index (χ3v) is 4.12. The molecular weight excluding hydrogens is 560 g/mol. The van der Waals surface area contributed by atoms with E-state index in [1.165, 1.54) is 18.3 Å². The van der Waals surface area contributed by atoms with Gasteiger partial charge >= 0.3 is 24.4 Å². The van der Waals surface area contributed by atoms with E-state index in [2.05, 4.69) is 9.98 Å². The standard InChI is InChI=1S/C10H10ClF3N4O.C9H7F5N4O/c1-4-2-5(10(12,13)14)7(6(11)3-4)17-9(19)18-8(15)16;10-3-1-4(9(12,13)14)6(5(11)2-3)17-8(19)18-7(15)16/h2-3H,1H3,(H5,15,16,17,18,19);1-2H,(H5,15,16,17,18,19). The zero-order valence-electron chi connectivity index (χ0n) is 18.7. The fraction of sp³-hybridized carbons (Fsp3) is 0.158. The van der Waals surface area contributed by atoms with Crippen molar-refractivity contribution in [3.8, 4) is 0 Å². The van der Waals surface area contributed by atoms with E-state index in [-0.39, 0.29) is 17.2 Å². The van der Waals surface area contributed by atoms with Crippen molar-refractivity contribution in [1.29, 1.82) is 0 Å². The highest BCUT2D eigenvalue weighted by Crippen LogP contribution is 2.40. The lowest BCUT2D eigenvalue weighted by atomic mass is 10.1. The molecule has 2 aromatic rings. The quantitative estimate of drug-likeness (QED) is 0.176. The van der Waals surface area contributed by atoms with Gasteiger partial charge in [0.25, 0.3) is 0 Å². The first-order valence-electron chi connectivity index (χ1n) is 9.47. The lowest BCUT2D eigenvalue weighted by Crippen LogP contribution is -2.26. The van der Waals surface area contributed by atoms with Gasteiger partial charge in [-0.3, -0.25) is 0 Å². The van der Waals surface area contributed by atoms with Crippen molar-refractivity contribution in [3.63, 3.8) is 0 Å². The maximum Gasteiger partial charge on any atom is 0.418 e. The van der Waals surface area contributed by atoms with Crippen LogP contribution in [0.25, 0.3) is 0 Å². The van der Waals surface area contributed by atoms with Gasteiger partial charge in [0, 0.05) is 6.07 Å². The zero-order chi connectivity index (χ0) is 29.6. The number of anilines is 2. The number of hydrogen-bond acceptors (Lipinski definition) is 2. The lowest BCUT2D eigenvalue weighted by Gasteiger charge is -2.15. The molecule has 10 N–H and O–H groups in total. The van der Waals surface area contributed by atoms with E-state index in [9.17, 15) is 44.7 Å². The molecule has 0 atom stereocenters. The Kier molecular flexibility index (Phi) is 10.2. The van der Waals surface area contributed by atoms with Gasteiger partial charge < -0.3 is 33.6 Å². The van der Waals surface area contributed by atoms with Gasteiger partial charge in [0.15, 0.2) is 11.9 Å². The van der Waals surface area contributed by atoms with Crippen molar-refractivity contribution in [2.75, 3.05) is 10.6 Å². The van der Waals surface area contributed by atoms with Crippen LogP contribution in [0, 0.1) is 18.6 Å². The first-order valence-corrected chi connectivity index (χ1v) is 9.85. The summed E-state index contributed by atoms with van der Waals surface area (Å²) in [6.45, 7) is 1.45. The molecule has 10 nitrogen and oxygen atoms in total. The summed E-state index contributed by atoms with van der Waals surface area (Å²) in [5, 5.41) is 3.14. The number of carbonyl (C=O) groups excluding carboxylic acids is 2. The monoisotopic (exact) mass is 576 g/mol. The van der Waals surface area contributed by atoms with Gasteiger partial charge in [-0.2, -0.15) is 36.3 Å². The molecule has 2 rings (SSSR count). The number of carbonyl (C=O) groups is 2. The van der Waals surface area contributed by atoms with Crippen molar-refractivity contribution in [2.45, 2.75) is 19.3 Å². The molecule has 19 heteroatoms. The van der Waals surface area contributed by atoms with E-state index < -0.39 is 70.5 Å². The molecule has 0 aliphatic heterocycles. The molecule has 0 radical (unpaired) electrons. The Morgan fingerprint density at radius 2 is 1.18 bits per heavy atom. The minimum absolute atomic E-state index is 0.0359. The van der Waals surface area contributed by atoms with Crippen LogP contribution in [-0.4, -0.2) is 24.0 Å². The average Bonchev–Trinajstić information content (AvgIpc) is 2.69. The van der Waals surface area contributed by atoms with Gasteiger partial charge in [-0.25, -0.2) is 18.4 Å². The summed E-state index contributed by atoms with van der Waals surface area (Å²) < 4.78 is 102. The van der Waals surface area contributed by atoms with E-state index in [0.29, 0.717) is 5.56 Å². The number of benzene rings is 2. The summed E-state index contributed by atoms with van der Waals surface area (Å²) in [4.78, 5) is 28.2. The van der Waals surface area contributed by atoms with Crippen molar-refractivity contribution < 1.29 is 44.7 Å². The second kappa shape index (κ2) is 12.3. The number of urea groups is 2. The zero-order valence-corrected chi connectivity index (χ0v) is 19.5. The maximum atomic E-state index is 13.3. The number of halogens is 9. The summed E-state index contributed by atoms with van der Waals surface area (Å²) in [5.74, 6) is -4.35. The summed E-state index contributed by atoms with van der Waals surface area (Å²) in [5.41, 5.74) is 15.2. The molecule has 2 aromatic carbocycles. The molecule has 38 heavy (non-hydrogen) atoms. The van der Waals surface area contributed by atoms with Crippen LogP contribution in [0.15, 0.2) is 34.3 Å².